The minimum atomic E-state index is -3.88. The first-order chi connectivity index (χ1) is 9.45. The van der Waals surface area contributed by atoms with E-state index in [1.807, 2.05) is 7.05 Å². The van der Waals surface area contributed by atoms with Crippen LogP contribution >= 0.6 is 12.4 Å². The zero-order valence-corrected chi connectivity index (χ0v) is 13.3. The van der Waals surface area contributed by atoms with Crippen molar-refractivity contribution in [2.45, 2.75) is 17.7 Å². The topological polar surface area (TPSA) is 49.4 Å². The van der Waals surface area contributed by atoms with Gasteiger partial charge in [-0.3, -0.25) is 0 Å². The van der Waals surface area contributed by atoms with Gasteiger partial charge in [0.2, 0.25) is 10.0 Å². The minimum Gasteiger partial charge on any atom is -0.319 e. The summed E-state index contributed by atoms with van der Waals surface area (Å²) in [4.78, 5) is -0.453. The number of benzene rings is 1. The molecule has 1 aliphatic heterocycles. The van der Waals surface area contributed by atoms with E-state index >= 15 is 0 Å². The summed E-state index contributed by atoms with van der Waals surface area (Å²) in [6.45, 7) is 1.58. The first-order valence-electron chi connectivity index (χ1n) is 6.55. The number of halogens is 3. The summed E-state index contributed by atoms with van der Waals surface area (Å²) in [5.41, 5.74) is 0. The molecule has 0 radical (unpaired) electrons. The molecule has 0 atom stereocenters. The first kappa shape index (κ1) is 18.3. The van der Waals surface area contributed by atoms with Gasteiger partial charge in [-0.15, -0.1) is 12.4 Å². The summed E-state index contributed by atoms with van der Waals surface area (Å²) < 4.78 is 52.4. The lowest BCUT2D eigenvalue weighted by molar-refractivity contribution is 0.270. The zero-order chi connectivity index (χ0) is 14.8. The average Bonchev–Trinajstić information content (AvgIpc) is 2.39. The number of rotatable bonds is 4. The molecule has 2 rings (SSSR count). The monoisotopic (exact) mass is 340 g/mol. The maximum Gasteiger partial charge on any atom is 0.245 e. The molecule has 0 amide bonds. The molecule has 1 fully saturated rings. The van der Waals surface area contributed by atoms with E-state index in [0.717, 1.165) is 31.5 Å². The predicted octanol–water partition coefficient (Wildman–Crippen LogP) is 2.01. The SMILES string of the molecule is CNCC1CCN(S(=O)(=O)c2ccc(F)cc2F)CC1.Cl. The van der Waals surface area contributed by atoms with Gasteiger partial charge >= 0.3 is 0 Å². The summed E-state index contributed by atoms with van der Waals surface area (Å²) in [7, 11) is -2.02. The van der Waals surface area contributed by atoms with Crippen molar-refractivity contribution in [3.63, 3.8) is 0 Å². The van der Waals surface area contributed by atoms with E-state index in [4.69, 9.17) is 0 Å². The summed E-state index contributed by atoms with van der Waals surface area (Å²) >= 11 is 0. The van der Waals surface area contributed by atoms with Crippen LogP contribution in [0.25, 0.3) is 0 Å². The van der Waals surface area contributed by atoms with Crippen LogP contribution in [0.4, 0.5) is 8.78 Å². The molecule has 1 aliphatic rings. The molecule has 0 aliphatic carbocycles. The van der Waals surface area contributed by atoms with Gasteiger partial charge in [0, 0.05) is 19.2 Å². The largest absolute Gasteiger partial charge is 0.319 e. The molecule has 120 valence electrons. The van der Waals surface area contributed by atoms with E-state index in [1.54, 1.807) is 0 Å². The zero-order valence-electron chi connectivity index (χ0n) is 11.7. The highest BCUT2D eigenvalue weighted by Crippen LogP contribution is 2.25. The smallest absolute Gasteiger partial charge is 0.245 e. The number of hydrogen-bond acceptors (Lipinski definition) is 3. The van der Waals surface area contributed by atoms with Gasteiger partial charge in [-0.05, 0) is 44.5 Å². The molecule has 0 saturated carbocycles. The summed E-state index contributed by atoms with van der Waals surface area (Å²) in [6, 6.07) is 2.55. The lowest BCUT2D eigenvalue weighted by Gasteiger charge is -2.31. The Morgan fingerprint density at radius 2 is 1.90 bits per heavy atom. The maximum atomic E-state index is 13.6. The Labute approximate surface area is 130 Å². The average molecular weight is 341 g/mol. The molecule has 1 N–H and O–H groups in total. The molecule has 1 heterocycles. The number of nitrogens with one attached hydrogen (secondary N) is 1. The van der Waals surface area contributed by atoms with Crippen molar-refractivity contribution in [2.24, 2.45) is 5.92 Å². The fraction of sp³-hybridized carbons (Fsp3) is 0.538. The highest BCUT2D eigenvalue weighted by atomic mass is 35.5. The van der Waals surface area contributed by atoms with Gasteiger partial charge in [-0.2, -0.15) is 4.31 Å². The third kappa shape index (κ3) is 4.12. The Kier molecular flexibility index (Phi) is 6.52. The summed E-state index contributed by atoms with van der Waals surface area (Å²) in [5, 5.41) is 3.07. The van der Waals surface area contributed by atoms with Crippen LogP contribution in [0.3, 0.4) is 0 Å². The molecule has 1 aromatic carbocycles. The second kappa shape index (κ2) is 7.49. The number of hydrogen-bond donors (Lipinski definition) is 1. The molecule has 8 heteroatoms. The van der Waals surface area contributed by atoms with Crippen molar-refractivity contribution >= 4 is 22.4 Å². The fourth-order valence-corrected chi connectivity index (χ4v) is 3.98. The third-order valence-corrected chi connectivity index (χ3v) is 5.51. The van der Waals surface area contributed by atoms with Crippen LogP contribution in [-0.4, -0.2) is 39.4 Å². The normalized spacial score (nSPS) is 17.5. The van der Waals surface area contributed by atoms with Gasteiger partial charge in [0.1, 0.15) is 16.5 Å². The fourth-order valence-electron chi connectivity index (χ4n) is 2.47. The molecular weight excluding hydrogens is 322 g/mol. The number of nitrogens with zero attached hydrogens (tertiary/aromatic N) is 1. The lowest BCUT2D eigenvalue weighted by Crippen LogP contribution is -2.40. The van der Waals surface area contributed by atoms with Crippen molar-refractivity contribution in [2.75, 3.05) is 26.7 Å². The van der Waals surface area contributed by atoms with Crippen LogP contribution in [0.15, 0.2) is 23.1 Å². The van der Waals surface area contributed by atoms with Crippen LogP contribution in [0.2, 0.25) is 0 Å². The minimum absolute atomic E-state index is 0. The van der Waals surface area contributed by atoms with Gasteiger partial charge in [0.15, 0.2) is 0 Å². The maximum absolute atomic E-state index is 13.6. The molecule has 0 aromatic heterocycles. The van der Waals surface area contributed by atoms with E-state index in [9.17, 15) is 17.2 Å². The summed E-state index contributed by atoms with van der Waals surface area (Å²) in [6.07, 6.45) is 1.48. The molecule has 0 bridgehead atoms. The van der Waals surface area contributed by atoms with Crippen molar-refractivity contribution in [3.05, 3.63) is 29.8 Å². The van der Waals surface area contributed by atoms with E-state index in [0.29, 0.717) is 25.1 Å². The Hall–Kier alpha value is -0.760. The highest BCUT2D eigenvalue weighted by molar-refractivity contribution is 7.89. The van der Waals surface area contributed by atoms with Crippen molar-refractivity contribution < 1.29 is 17.2 Å². The van der Waals surface area contributed by atoms with Crippen LogP contribution < -0.4 is 5.32 Å². The van der Waals surface area contributed by atoms with Crippen LogP contribution in [0.5, 0.6) is 0 Å². The number of piperidine rings is 1. The highest BCUT2D eigenvalue weighted by Gasteiger charge is 2.31. The van der Waals surface area contributed by atoms with Gasteiger partial charge < -0.3 is 5.32 Å². The van der Waals surface area contributed by atoms with E-state index in [-0.39, 0.29) is 12.4 Å². The Bertz CT molecular complexity index is 576. The van der Waals surface area contributed by atoms with Gasteiger partial charge in [-0.25, -0.2) is 17.2 Å². The quantitative estimate of drug-likeness (QED) is 0.912. The van der Waals surface area contributed by atoms with Gasteiger partial charge in [0.05, 0.1) is 0 Å². The molecule has 21 heavy (non-hydrogen) atoms. The van der Waals surface area contributed by atoms with Crippen molar-refractivity contribution in [1.82, 2.24) is 9.62 Å². The van der Waals surface area contributed by atoms with Crippen LogP contribution in [-0.2, 0) is 10.0 Å². The van der Waals surface area contributed by atoms with E-state index < -0.39 is 26.6 Å². The second-order valence-corrected chi connectivity index (χ2v) is 6.89. The summed E-state index contributed by atoms with van der Waals surface area (Å²) in [5.74, 6) is -1.39. The predicted molar refractivity (Wildman–Crippen MR) is 79.0 cm³/mol. The van der Waals surface area contributed by atoms with Gasteiger partial charge in [-0.1, -0.05) is 0 Å². The van der Waals surface area contributed by atoms with Crippen molar-refractivity contribution in [3.8, 4) is 0 Å². The molecule has 1 aromatic rings. The van der Waals surface area contributed by atoms with Crippen LogP contribution in [0, 0.1) is 17.6 Å². The molecule has 0 spiro atoms. The van der Waals surface area contributed by atoms with Crippen LogP contribution in [0.1, 0.15) is 12.8 Å². The third-order valence-electron chi connectivity index (χ3n) is 3.58. The second-order valence-electron chi connectivity index (χ2n) is 4.98. The standard InChI is InChI=1S/C13H18F2N2O2S.ClH/c1-16-9-10-4-6-17(7-5-10)20(18,19)13-3-2-11(14)8-12(13)15;/h2-3,8,10,16H,4-7,9H2,1H3;1H. The molecule has 0 unspecified atom stereocenters. The van der Waals surface area contributed by atoms with Gasteiger partial charge in [0.25, 0.3) is 0 Å². The Morgan fingerprint density at radius 1 is 1.29 bits per heavy atom. The Balaban J connectivity index is 0.00000220. The molecule has 1 saturated heterocycles. The number of sulfonamides is 1. The van der Waals surface area contributed by atoms with Crippen molar-refractivity contribution in [1.29, 1.82) is 0 Å². The molecule has 4 nitrogen and oxygen atoms in total. The van der Waals surface area contributed by atoms with E-state index in [2.05, 4.69) is 5.32 Å². The Morgan fingerprint density at radius 3 is 2.43 bits per heavy atom. The first-order valence-corrected chi connectivity index (χ1v) is 7.99. The van der Waals surface area contributed by atoms with E-state index in [1.165, 1.54) is 4.31 Å². The molecular formula is C13H19ClF2N2O2S. The lowest BCUT2D eigenvalue weighted by atomic mass is 9.98.